The molecule has 2 aliphatic heterocycles. The van der Waals surface area contributed by atoms with Crippen LogP contribution in [0.5, 0.6) is 0 Å². The number of carbonyl (C=O) groups is 2. The number of nitrogens with zero attached hydrogens (tertiary/aromatic N) is 1. The predicted molar refractivity (Wildman–Crippen MR) is 110 cm³/mol. The molecule has 0 aromatic heterocycles. The van der Waals surface area contributed by atoms with Gasteiger partial charge in [-0.15, -0.1) is 0 Å². The maximum Gasteiger partial charge on any atom is 0.255 e. The number of halogens is 1. The normalized spacial score (nSPS) is 21.4. The van der Waals surface area contributed by atoms with E-state index in [0.29, 0.717) is 15.6 Å². The van der Waals surface area contributed by atoms with Gasteiger partial charge in [0, 0.05) is 33.4 Å². The highest BCUT2D eigenvalue weighted by atomic mass is 79.9. The maximum absolute atomic E-state index is 12.7. The molecular weight excluding hydrogens is 404 g/mol. The number of nitrogens with one attached hydrogen (secondary N) is 1. The van der Waals surface area contributed by atoms with Gasteiger partial charge in [0.2, 0.25) is 0 Å². The molecule has 27 heavy (non-hydrogen) atoms. The highest BCUT2D eigenvalue weighted by Crippen LogP contribution is 2.43. The second-order valence-corrected chi connectivity index (χ2v) is 8.55. The van der Waals surface area contributed by atoms with Crippen LogP contribution in [0.2, 0.25) is 0 Å². The molecule has 2 aromatic carbocycles. The zero-order valence-electron chi connectivity index (χ0n) is 15.6. The largest absolute Gasteiger partial charge is 0.322 e. The summed E-state index contributed by atoms with van der Waals surface area (Å²) in [6.45, 7) is 6.08. The van der Waals surface area contributed by atoms with Crippen LogP contribution in [0.1, 0.15) is 58.5 Å². The van der Waals surface area contributed by atoms with Crippen molar-refractivity contribution in [2.75, 3.05) is 18.4 Å². The topological polar surface area (TPSA) is 49.4 Å². The molecule has 2 aromatic rings. The van der Waals surface area contributed by atoms with Gasteiger partial charge in [-0.3, -0.25) is 14.5 Å². The molecule has 1 unspecified atom stereocenters. The lowest BCUT2D eigenvalue weighted by atomic mass is 9.81. The number of anilines is 1. The van der Waals surface area contributed by atoms with Crippen molar-refractivity contribution in [3.63, 3.8) is 0 Å². The maximum atomic E-state index is 12.7. The lowest BCUT2D eigenvalue weighted by Crippen LogP contribution is -2.44. The van der Waals surface area contributed by atoms with Gasteiger partial charge in [0.1, 0.15) is 0 Å². The minimum Gasteiger partial charge on any atom is -0.322 e. The third-order valence-corrected chi connectivity index (χ3v) is 6.69. The minimum atomic E-state index is -0.200. The molecule has 0 radical (unpaired) electrons. The third-order valence-electron chi connectivity index (χ3n) is 6.00. The van der Waals surface area contributed by atoms with Crippen molar-refractivity contribution in [1.82, 2.24) is 4.90 Å². The Labute approximate surface area is 168 Å². The number of rotatable bonds is 3. The number of benzene rings is 2. The van der Waals surface area contributed by atoms with E-state index in [9.17, 15) is 9.59 Å². The number of fused-ring (bicyclic) bond motifs is 3. The standard InChI is InChI=1S/C22H23BrN2O2/c1-14(26)18-12-16(5-7-20(18)23)21(27)24-17-6-4-15-8-11-25-10-3-9-22(25,2)19(15)13-17/h4-7,12-13H,3,8-11H2,1-2H3,(H,24,27). The van der Waals surface area contributed by atoms with Crippen LogP contribution in [-0.2, 0) is 12.0 Å². The summed E-state index contributed by atoms with van der Waals surface area (Å²) in [6.07, 6.45) is 3.44. The number of hydrogen-bond donors (Lipinski definition) is 1. The second kappa shape index (κ2) is 6.88. The summed E-state index contributed by atoms with van der Waals surface area (Å²) in [4.78, 5) is 27.0. The summed E-state index contributed by atoms with van der Waals surface area (Å²) in [6, 6.07) is 11.4. The Morgan fingerprint density at radius 3 is 2.74 bits per heavy atom. The summed E-state index contributed by atoms with van der Waals surface area (Å²) in [7, 11) is 0. The fourth-order valence-corrected chi connectivity index (χ4v) is 4.98. The van der Waals surface area contributed by atoms with E-state index in [0.717, 1.165) is 31.6 Å². The van der Waals surface area contributed by atoms with E-state index in [2.05, 4.69) is 45.2 Å². The van der Waals surface area contributed by atoms with Crippen molar-refractivity contribution < 1.29 is 9.59 Å². The Hall–Kier alpha value is -1.98. The average Bonchev–Trinajstić information content (AvgIpc) is 3.04. The molecule has 140 valence electrons. The number of ketones is 1. The highest BCUT2D eigenvalue weighted by molar-refractivity contribution is 9.10. The first-order valence-electron chi connectivity index (χ1n) is 9.39. The van der Waals surface area contributed by atoms with Crippen LogP contribution in [-0.4, -0.2) is 29.7 Å². The van der Waals surface area contributed by atoms with Crippen LogP contribution < -0.4 is 5.32 Å². The Morgan fingerprint density at radius 2 is 1.96 bits per heavy atom. The van der Waals surface area contributed by atoms with Crippen molar-refractivity contribution in [3.8, 4) is 0 Å². The van der Waals surface area contributed by atoms with Gasteiger partial charge in [-0.25, -0.2) is 0 Å². The second-order valence-electron chi connectivity index (χ2n) is 7.69. The average molecular weight is 427 g/mol. The van der Waals surface area contributed by atoms with E-state index >= 15 is 0 Å². The van der Waals surface area contributed by atoms with Crippen LogP contribution in [0.3, 0.4) is 0 Å². The molecule has 4 rings (SSSR count). The van der Waals surface area contributed by atoms with Gasteiger partial charge in [-0.1, -0.05) is 22.0 Å². The molecule has 5 heteroatoms. The number of carbonyl (C=O) groups excluding carboxylic acids is 2. The number of Topliss-reactive ketones (excluding diaryl/α,β-unsaturated/α-hetero) is 1. The van der Waals surface area contributed by atoms with E-state index in [1.807, 2.05) is 6.07 Å². The van der Waals surface area contributed by atoms with Crippen LogP contribution in [0.15, 0.2) is 40.9 Å². The van der Waals surface area contributed by atoms with Gasteiger partial charge in [-0.2, -0.15) is 0 Å². The van der Waals surface area contributed by atoms with E-state index in [1.54, 1.807) is 18.2 Å². The molecular formula is C22H23BrN2O2. The summed E-state index contributed by atoms with van der Waals surface area (Å²) in [5, 5.41) is 3.01. The molecule has 1 fully saturated rings. The van der Waals surface area contributed by atoms with Gasteiger partial charge in [0.05, 0.1) is 0 Å². The molecule has 2 aliphatic rings. The SMILES string of the molecule is CC(=O)c1cc(C(=O)Nc2ccc3c(c2)C2(C)CCCN2CC3)ccc1Br. The summed E-state index contributed by atoms with van der Waals surface area (Å²) in [5.74, 6) is -0.270. The third kappa shape index (κ3) is 3.23. The first-order valence-corrected chi connectivity index (χ1v) is 10.2. The molecule has 1 atom stereocenters. The monoisotopic (exact) mass is 426 g/mol. The van der Waals surface area contributed by atoms with E-state index in [4.69, 9.17) is 0 Å². The van der Waals surface area contributed by atoms with E-state index in [1.165, 1.54) is 24.5 Å². The molecule has 1 amide bonds. The molecule has 1 N–H and O–H groups in total. The Morgan fingerprint density at radius 1 is 1.15 bits per heavy atom. The molecule has 4 nitrogen and oxygen atoms in total. The van der Waals surface area contributed by atoms with Crippen molar-refractivity contribution in [2.24, 2.45) is 0 Å². The molecule has 0 bridgehead atoms. The van der Waals surface area contributed by atoms with Crippen molar-refractivity contribution >= 4 is 33.3 Å². The quantitative estimate of drug-likeness (QED) is 0.718. The molecule has 2 heterocycles. The van der Waals surface area contributed by atoms with Crippen molar-refractivity contribution in [3.05, 3.63) is 63.1 Å². The fraction of sp³-hybridized carbons (Fsp3) is 0.364. The van der Waals surface area contributed by atoms with Crippen LogP contribution in [0.4, 0.5) is 5.69 Å². The molecule has 0 aliphatic carbocycles. The van der Waals surface area contributed by atoms with Gasteiger partial charge in [-0.05, 0) is 81.1 Å². The van der Waals surface area contributed by atoms with Crippen molar-refractivity contribution in [2.45, 2.75) is 38.6 Å². The first kappa shape index (κ1) is 18.4. The zero-order valence-corrected chi connectivity index (χ0v) is 17.2. The molecule has 1 saturated heterocycles. The van der Waals surface area contributed by atoms with Gasteiger partial charge in [0.15, 0.2) is 5.78 Å². The predicted octanol–water partition coefficient (Wildman–Crippen LogP) is 4.77. The summed E-state index contributed by atoms with van der Waals surface area (Å²) >= 11 is 3.36. The van der Waals surface area contributed by atoms with Gasteiger partial charge >= 0.3 is 0 Å². The van der Waals surface area contributed by atoms with Crippen LogP contribution >= 0.6 is 15.9 Å². The molecule has 0 spiro atoms. The van der Waals surface area contributed by atoms with E-state index < -0.39 is 0 Å². The van der Waals surface area contributed by atoms with Crippen LogP contribution in [0, 0.1) is 0 Å². The summed E-state index contributed by atoms with van der Waals surface area (Å²) < 4.78 is 0.703. The fourth-order valence-electron chi connectivity index (χ4n) is 4.45. The Balaban J connectivity index is 1.62. The lowest BCUT2D eigenvalue weighted by Gasteiger charge is -2.41. The number of amides is 1. The lowest BCUT2D eigenvalue weighted by molar-refractivity contribution is 0.101. The van der Waals surface area contributed by atoms with Crippen molar-refractivity contribution in [1.29, 1.82) is 0 Å². The van der Waals surface area contributed by atoms with Crippen LogP contribution in [0.25, 0.3) is 0 Å². The first-order chi connectivity index (χ1) is 12.9. The van der Waals surface area contributed by atoms with Gasteiger partial charge < -0.3 is 5.32 Å². The number of hydrogen-bond acceptors (Lipinski definition) is 3. The zero-order chi connectivity index (χ0) is 19.2. The Kier molecular flexibility index (Phi) is 4.68. The van der Waals surface area contributed by atoms with Gasteiger partial charge in [0.25, 0.3) is 5.91 Å². The molecule has 0 saturated carbocycles. The Bertz CT molecular complexity index is 940. The summed E-state index contributed by atoms with van der Waals surface area (Å²) in [5.41, 5.74) is 4.60. The highest BCUT2D eigenvalue weighted by Gasteiger charge is 2.41. The van der Waals surface area contributed by atoms with E-state index in [-0.39, 0.29) is 17.2 Å². The minimum absolute atomic E-state index is 0.0699. The smallest absolute Gasteiger partial charge is 0.255 e.